The number of sulfonamides is 1. The number of primary sulfonamides is 1. The third kappa shape index (κ3) is 5.64. The molecule has 1 atom stereocenters. The summed E-state index contributed by atoms with van der Waals surface area (Å²) >= 11 is 5.81. The van der Waals surface area contributed by atoms with Crippen LogP contribution >= 0.6 is 11.6 Å². The SMILES string of the molecule is CC(NC(=O)COc1ccc(S(N)(=O)=O)cc1[N+](=O)[O-])c1ccc(Cl)cc1. The second-order valence-corrected chi connectivity index (χ2v) is 7.56. The standard InChI is InChI=1S/C16H16ClN3O6S/c1-10(11-2-4-12(17)5-3-11)19-16(21)9-26-15-7-6-13(27(18,24)25)8-14(15)20(22)23/h2-8,10H,9H2,1H3,(H,19,21)(H2,18,24,25). The largest absolute Gasteiger partial charge is 0.477 e. The number of hydrogen-bond acceptors (Lipinski definition) is 6. The maximum absolute atomic E-state index is 12.0. The van der Waals surface area contributed by atoms with Gasteiger partial charge in [0, 0.05) is 11.1 Å². The number of amides is 1. The molecule has 0 saturated carbocycles. The van der Waals surface area contributed by atoms with Crippen molar-refractivity contribution in [3.05, 3.63) is 63.2 Å². The molecule has 1 unspecified atom stereocenters. The van der Waals surface area contributed by atoms with Gasteiger partial charge in [-0.2, -0.15) is 0 Å². The molecule has 0 aliphatic carbocycles. The molecule has 2 aromatic rings. The maximum atomic E-state index is 12.0. The lowest BCUT2D eigenvalue weighted by atomic mass is 10.1. The van der Waals surface area contributed by atoms with Crippen LogP contribution in [0.4, 0.5) is 5.69 Å². The summed E-state index contributed by atoms with van der Waals surface area (Å²) in [6.45, 7) is 1.26. The van der Waals surface area contributed by atoms with Gasteiger partial charge in [0.25, 0.3) is 5.91 Å². The fourth-order valence-corrected chi connectivity index (χ4v) is 2.86. The zero-order valence-electron chi connectivity index (χ0n) is 14.1. The molecule has 0 spiro atoms. The predicted molar refractivity (Wildman–Crippen MR) is 98.0 cm³/mol. The van der Waals surface area contributed by atoms with E-state index in [9.17, 15) is 23.3 Å². The van der Waals surface area contributed by atoms with Gasteiger partial charge in [-0.05, 0) is 36.8 Å². The molecule has 0 heterocycles. The molecule has 9 nitrogen and oxygen atoms in total. The third-order valence-electron chi connectivity index (χ3n) is 3.56. The molecule has 27 heavy (non-hydrogen) atoms. The first kappa shape index (κ1) is 20.6. The zero-order chi connectivity index (χ0) is 20.2. The van der Waals surface area contributed by atoms with Crippen molar-refractivity contribution < 1.29 is 22.9 Å². The summed E-state index contributed by atoms with van der Waals surface area (Å²) in [5, 5.41) is 19.3. The Hall–Kier alpha value is -2.69. The summed E-state index contributed by atoms with van der Waals surface area (Å²) < 4.78 is 27.8. The van der Waals surface area contributed by atoms with Gasteiger partial charge in [-0.25, -0.2) is 13.6 Å². The number of rotatable bonds is 7. The molecule has 2 aromatic carbocycles. The Morgan fingerprint density at radius 3 is 2.48 bits per heavy atom. The molecule has 0 saturated heterocycles. The lowest BCUT2D eigenvalue weighted by Gasteiger charge is -2.15. The highest BCUT2D eigenvalue weighted by molar-refractivity contribution is 7.89. The number of ether oxygens (including phenoxy) is 1. The molecule has 0 aliphatic rings. The van der Waals surface area contributed by atoms with Gasteiger partial charge in [0.05, 0.1) is 15.9 Å². The number of hydrogen-bond donors (Lipinski definition) is 2. The molecule has 0 radical (unpaired) electrons. The Kier molecular flexibility index (Phi) is 6.37. The highest BCUT2D eigenvalue weighted by atomic mass is 35.5. The molecular formula is C16H16ClN3O6S. The van der Waals surface area contributed by atoms with Crippen LogP contribution in [-0.4, -0.2) is 25.9 Å². The van der Waals surface area contributed by atoms with Crippen LogP contribution in [0, 0.1) is 10.1 Å². The fraction of sp³-hybridized carbons (Fsp3) is 0.188. The normalized spacial score (nSPS) is 12.3. The van der Waals surface area contributed by atoms with E-state index in [2.05, 4.69) is 5.32 Å². The van der Waals surface area contributed by atoms with Crippen LogP contribution in [0.3, 0.4) is 0 Å². The number of benzene rings is 2. The van der Waals surface area contributed by atoms with Gasteiger partial charge in [-0.3, -0.25) is 14.9 Å². The number of carbonyl (C=O) groups excluding carboxylic acids is 1. The van der Waals surface area contributed by atoms with Gasteiger partial charge < -0.3 is 10.1 Å². The molecule has 11 heteroatoms. The fourth-order valence-electron chi connectivity index (χ4n) is 2.20. The average Bonchev–Trinajstić information content (AvgIpc) is 2.59. The van der Waals surface area contributed by atoms with E-state index >= 15 is 0 Å². The van der Waals surface area contributed by atoms with Crippen LogP contribution < -0.4 is 15.2 Å². The number of nitro groups is 1. The van der Waals surface area contributed by atoms with Crippen molar-refractivity contribution in [3.8, 4) is 5.75 Å². The molecule has 144 valence electrons. The van der Waals surface area contributed by atoms with Gasteiger partial charge in [0.1, 0.15) is 0 Å². The quantitative estimate of drug-likeness (QED) is 0.526. The predicted octanol–water partition coefficient (Wildman–Crippen LogP) is 2.15. The first-order valence-electron chi connectivity index (χ1n) is 7.57. The van der Waals surface area contributed by atoms with Crippen LogP contribution in [0.25, 0.3) is 0 Å². The van der Waals surface area contributed by atoms with Crippen molar-refractivity contribution in [3.63, 3.8) is 0 Å². The van der Waals surface area contributed by atoms with Crippen LogP contribution in [0.1, 0.15) is 18.5 Å². The summed E-state index contributed by atoms with van der Waals surface area (Å²) in [5.41, 5.74) is 0.205. The molecule has 0 aliphatic heterocycles. The number of halogens is 1. The summed E-state index contributed by atoms with van der Waals surface area (Å²) in [6.07, 6.45) is 0. The molecule has 1 amide bonds. The highest BCUT2D eigenvalue weighted by Gasteiger charge is 2.21. The second kappa shape index (κ2) is 8.33. The van der Waals surface area contributed by atoms with E-state index < -0.39 is 38.0 Å². The van der Waals surface area contributed by atoms with Crippen molar-refractivity contribution in [2.75, 3.05) is 6.61 Å². The number of nitrogens with zero attached hydrogens (tertiary/aromatic N) is 1. The molecule has 0 bridgehead atoms. The average molecular weight is 414 g/mol. The first-order valence-corrected chi connectivity index (χ1v) is 9.49. The second-order valence-electron chi connectivity index (χ2n) is 5.56. The van der Waals surface area contributed by atoms with E-state index in [1.165, 1.54) is 0 Å². The summed E-state index contributed by atoms with van der Waals surface area (Å²) in [7, 11) is -4.11. The molecule has 0 aromatic heterocycles. The molecular weight excluding hydrogens is 398 g/mol. The summed E-state index contributed by atoms with van der Waals surface area (Å²) in [6, 6.07) is 9.46. The Balaban J connectivity index is 2.06. The van der Waals surface area contributed by atoms with Crippen molar-refractivity contribution in [1.29, 1.82) is 0 Å². The van der Waals surface area contributed by atoms with E-state index in [0.29, 0.717) is 5.02 Å². The smallest absolute Gasteiger partial charge is 0.312 e. The lowest BCUT2D eigenvalue weighted by Crippen LogP contribution is -2.31. The van der Waals surface area contributed by atoms with Gasteiger partial charge >= 0.3 is 5.69 Å². The Bertz CT molecular complexity index is 963. The van der Waals surface area contributed by atoms with Gasteiger partial charge in [0.15, 0.2) is 12.4 Å². The third-order valence-corrected chi connectivity index (χ3v) is 4.72. The van der Waals surface area contributed by atoms with E-state index in [1.807, 2.05) is 0 Å². The van der Waals surface area contributed by atoms with E-state index in [4.69, 9.17) is 21.5 Å². The van der Waals surface area contributed by atoms with Crippen molar-refractivity contribution >= 4 is 33.2 Å². The van der Waals surface area contributed by atoms with Crippen LogP contribution in [0.15, 0.2) is 47.4 Å². The van der Waals surface area contributed by atoms with E-state index in [-0.39, 0.29) is 11.8 Å². The maximum Gasteiger partial charge on any atom is 0.312 e. The zero-order valence-corrected chi connectivity index (χ0v) is 15.7. The minimum absolute atomic E-state index is 0.248. The number of nitro benzene ring substituents is 1. The van der Waals surface area contributed by atoms with Crippen molar-refractivity contribution in [1.82, 2.24) is 5.32 Å². The molecule has 2 rings (SSSR count). The molecule has 3 N–H and O–H groups in total. The van der Waals surface area contributed by atoms with Gasteiger partial charge in [-0.15, -0.1) is 0 Å². The van der Waals surface area contributed by atoms with E-state index in [0.717, 1.165) is 23.8 Å². The van der Waals surface area contributed by atoms with Gasteiger partial charge in [0.2, 0.25) is 10.0 Å². The van der Waals surface area contributed by atoms with Crippen LogP contribution in [-0.2, 0) is 14.8 Å². The Labute approximate surface area is 160 Å². The highest BCUT2D eigenvalue weighted by Crippen LogP contribution is 2.29. The monoisotopic (exact) mass is 413 g/mol. The van der Waals surface area contributed by atoms with E-state index in [1.54, 1.807) is 31.2 Å². The van der Waals surface area contributed by atoms with Crippen molar-refractivity contribution in [2.24, 2.45) is 5.14 Å². The summed E-state index contributed by atoms with van der Waals surface area (Å²) in [5.74, 6) is -0.760. The Morgan fingerprint density at radius 2 is 1.93 bits per heavy atom. The summed E-state index contributed by atoms with van der Waals surface area (Å²) in [4.78, 5) is 21.9. The first-order chi connectivity index (χ1) is 12.6. The lowest BCUT2D eigenvalue weighted by molar-refractivity contribution is -0.386. The van der Waals surface area contributed by atoms with Crippen molar-refractivity contribution in [2.45, 2.75) is 17.9 Å². The molecule has 0 fully saturated rings. The minimum atomic E-state index is -4.11. The number of nitrogens with two attached hydrogens (primary N) is 1. The van der Waals surface area contributed by atoms with Crippen LogP contribution in [0.2, 0.25) is 5.02 Å². The van der Waals surface area contributed by atoms with Gasteiger partial charge in [-0.1, -0.05) is 23.7 Å². The topological polar surface area (TPSA) is 142 Å². The number of nitrogens with one attached hydrogen (secondary N) is 1. The number of carbonyl (C=O) groups is 1. The van der Waals surface area contributed by atoms with Crippen LogP contribution in [0.5, 0.6) is 5.75 Å². The minimum Gasteiger partial charge on any atom is -0.477 e. The Morgan fingerprint density at radius 1 is 1.30 bits per heavy atom.